The van der Waals surface area contributed by atoms with E-state index in [0.29, 0.717) is 6.61 Å². The molecule has 0 amide bonds. The van der Waals surface area contributed by atoms with E-state index in [2.05, 4.69) is 6.92 Å². The third-order valence-electron chi connectivity index (χ3n) is 2.59. The van der Waals surface area contributed by atoms with E-state index in [-0.39, 0.29) is 11.9 Å². The first-order valence-electron chi connectivity index (χ1n) is 6.30. The number of aryl methyl sites for hydroxylation is 1. The van der Waals surface area contributed by atoms with Crippen molar-refractivity contribution in [1.29, 1.82) is 0 Å². The fourth-order valence-electron chi connectivity index (χ4n) is 1.71. The molecule has 0 aliphatic rings. The number of hydrogen-bond acceptors (Lipinski definition) is 2. The molecular weight excluding hydrogens is 217 g/mol. The second kappa shape index (κ2) is 7.28. The zero-order valence-corrected chi connectivity index (χ0v) is 10.7. The fourth-order valence-corrected chi connectivity index (χ4v) is 1.71. The summed E-state index contributed by atoms with van der Waals surface area (Å²) in [5, 5.41) is 0. The molecular formula is C14H22FNO. The lowest BCUT2D eigenvalue weighted by Crippen LogP contribution is -2.14. The zero-order valence-electron chi connectivity index (χ0n) is 10.7. The average Bonchev–Trinajstić information content (AvgIpc) is 2.27. The molecule has 3 heteroatoms. The first kappa shape index (κ1) is 14.0. The van der Waals surface area contributed by atoms with Crippen molar-refractivity contribution in [3.63, 3.8) is 0 Å². The van der Waals surface area contributed by atoms with E-state index in [4.69, 9.17) is 10.5 Å². The third kappa shape index (κ3) is 5.18. The van der Waals surface area contributed by atoms with Gasteiger partial charge in [-0.25, -0.2) is 4.39 Å². The molecule has 0 aromatic heterocycles. The summed E-state index contributed by atoms with van der Waals surface area (Å²) in [5.41, 5.74) is 6.64. The monoisotopic (exact) mass is 239 g/mol. The Morgan fingerprint density at radius 1 is 1.41 bits per heavy atom. The molecule has 0 aliphatic heterocycles. The summed E-state index contributed by atoms with van der Waals surface area (Å²) < 4.78 is 18.8. The summed E-state index contributed by atoms with van der Waals surface area (Å²) in [7, 11) is 0. The van der Waals surface area contributed by atoms with E-state index in [1.165, 1.54) is 6.07 Å². The molecule has 0 spiro atoms. The van der Waals surface area contributed by atoms with Gasteiger partial charge in [-0.1, -0.05) is 6.92 Å². The molecule has 0 bridgehead atoms. The first-order chi connectivity index (χ1) is 8.13. The Labute approximate surface area is 103 Å². The fraction of sp³-hybridized carbons (Fsp3) is 0.571. The van der Waals surface area contributed by atoms with Crippen LogP contribution in [0, 0.1) is 5.82 Å². The van der Waals surface area contributed by atoms with Gasteiger partial charge in [-0.05, 0) is 56.4 Å². The summed E-state index contributed by atoms with van der Waals surface area (Å²) in [6.45, 7) is 4.71. The van der Waals surface area contributed by atoms with Crippen molar-refractivity contribution in [2.45, 2.75) is 45.6 Å². The predicted molar refractivity (Wildman–Crippen MR) is 68.8 cm³/mol. The van der Waals surface area contributed by atoms with E-state index in [1.54, 1.807) is 12.1 Å². The van der Waals surface area contributed by atoms with Crippen molar-refractivity contribution < 1.29 is 9.13 Å². The van der Waals surface area contributed by atoms with E-state index >= 15 is 0 Å². The molecule has 17 heavy (non-hydrogen) atoms. The highest BCUT2D eigenvalue weighted by Gasteiger charge is 2.06. The normalized spacial score (nSPS) is 12.5. The van der Waals surface area contributed by atoms with Crippen molar-refractivity contribution >= 4 is 0 Å². The van der Waals surface area contributed by atoms with Gasteiger partial charge in [0.15, 0.2) is 0 Å². The van der Waals surface area contributed by atoms with E-state index in [1.807, 2.05) is 6.92 Å². The Morgan fingerprint density at radius 3 is 2.82 bits per heavy atom. The van der Waals surface area contributed by atoms with Gasteiger partial charge in [-0.2, -0.15) is 0 Å². The topological polar surface area (TPSA) is 35.2 Å². The minimum atomic E-state index is -0.204. The van der Waals surface area contributed by atoms with Crippen LogP contribution in [-0.2, 0) is 6.42 Å². The van der Waals surface area contributed by atoms with Crippen molar-refractivity contribution in [2.75, 3.05) is 6.61 Å². The number of hydrogen-bond donors (Lipinski definition) is 1. The Morgan fingerprint density at radius 2 is 2.18 bits per heavy atom. The van der Waals surface area contributed by atoms with Crippen molar-refractivity contribution in [3.05, 3.63) is 29.6 Å². The standard InChI is InChI=1S/C14H22FNO/c1-3-9-17-14-8-7-13(15)10-12(14)6-4-5-11(2)16/h7-8,10-11H,3-6,9,16H2,1-2H3. The third-order valence-corrected chi connectivity index (χ3v) is 2.59. The van der Waals surface area contributed by atoms with E-state index in [9.17, 15) is 4.39 Å². The van der Waals surface area contributed by atoms with Gasteiger partial charge in [0.1, 0.15) is 11.6 Å². The highest BCUT2D eigenvalue weighted by molar-refractivity contribution is 5.34. The van der Waals surface area contributed by atoms with Crippen LogP contribution in [0.15, 0.2) is 18.2 Å². The molecule has 1 atom stereocenters. The van der Waals surface area contributed by atoms with Crippen LogP contribution in [0.4, 0.5) is 4.39 Å². The number of ether oxygens (including phenoxy) is 1. The maximum absolute atomic E-state index is 13.2. The molecule has 1 rings (SSSR count). The van der Waals surface area contributed by atoms with E-state index in [0.717, 1.165) is 37.0 Å². The highest BCUT2D eigenvalue weighted by Crippen LogP contribution is 2.22. The first-order valence-corrected chi connectivity index (χ1v) is 6.30. The lowest BCUT2D eigenvalue weighted by atomic mass is 10.0. The van der Waals surface area contributed by atoms with Gasteiger partial charge in [0.05, 0.1) is 6.61 Å². The number of rotatable bonds is 7. The van der Waals surface area contributed by atoms with Gasteiger partial charge in [0, 0.05) is 6.04 Å². The summed E-state index contributed by atoms with van der Waals surface area (Å²) in [5.74, 6) is 0.600. The quantitative estimate of drug-likeness (QED) is 0.792. The van der Waals surface area contributed by atoms with Gasteiger partial charge in [0.25, 0.3) is 0 Å². The van der Waals surface area contributed by atoms with Gasteiger partial charge in [-0.15, -0.1) is 0 Å². The minimum absolute atomic E-state index is 0.198. The molecule has 0 fully saturated rings. The number of halogens is 1. The highest BCUT2D eigenvalue weighted by atomic mass is 19.1. The lowest BCUT2D eigenvalue weighted by molar-refractivity contribution is 0.313. The predicted octanol–water partition coefficient (Wildman–Crippen LogP) is 3.28. The SMILES string of the molecule is CCCOc1ccc(F)cc1CCCC(C)N. The molecule has 1 aromatic carbocycles. The Balaban J connectivity index is 2.62. The van der Waals surface area contributed by atoms with Crippen molar-refractivity contribution in [3.8, 4) is 5.75 Å². The molecule has 96 valence electrons. The molecule has 0 saturated heterocycles. The molecule has 2 N–H and O–H groups in total. The van der Waals surface area contributed by atoms with Crippen LogP contribution in [0.3, 0.4) is 0 Å². The molecule has 0 heterocycles. The Bertz CT molecular complexity index is 339. The van der Waals surface area contributed by atoms with Crippen molar-refractivity contribution in [1.82, 2.24) is 0 Å². The van der Waals surface area contributed by atoms with Crippen molar-refractivity contribution in [2.24, 2.45) is 5.73 Å². The van der Waals surface area contributed by atoms with Gasteiger partial charge in [-0.3, -0.25) is 0 Å². The van der Waals surface area contributed by atoms with Crippen LogP contribution >= 0.6 is 0 Å². The summed E-state index contributed by atoms with van der Waals surface area (Å²) >= 11 is 0. The molecule has 1 unspecified atom stereocenters. The summed E-state index contributed by atoms with van der Waals surface area (Å²) in [4.78, 5) is 0. The maximum atomic E-state index is 13.2. The van der Waals surface area contributed by atoms with Gasteiger partial charge in [0.2, 0.25) is 0 Å². The Kier molecular flexibility index (Phi) is 5.98. The smallest absolute Gasteiger partial charge is 0.123 e. The zero-order chi connectivity index (χ0) is 12.7. The van der Waals surface area contributed by atoms with Crippen LogP contribution in [-0.4, -0.2) is 12.6 Å². The molecule has 1 aromatic rings. The summed E-state index contributed by atoms with van der Waals surface area (Å²) in [6.07, 6.45) is 3.68. The average molecular weight is 239 g/mol. The van der Waals surface area contributed by atoms with Crippen LogP contribution in [0.1, 0.15) is 38.7 Å². The van der Waals surface area contributed by atoms with Gasteiger partial charge >= 0.3 is 0 Å². The molecule has 0 aliphatic carbocycles. The number of nitrogens with two attached hydrogens (primary N) is 1. The van der Waals surface area contributed by atoms with E-state index < -0.39 is 0 Å². The van der Waals surface area contributed by atoms with Crippen LogP contribution < -0.4 is 10.5 Å². The molecule has 0 radical (unpaired) electrons. The molecule has 0 saturated carbocycles. The molecule has 2 nitrogen and oxygen atoms in total. The Hall–Kier alpha value is -1.09. The van der Waals surface area contributed by atoms with Crippen LogP contribution in [0.5, 0.6) is 5.75 Å². The lowest BCUT2D eigenvalue weighted by Gasteiger charge is -2.11. The second-order valence-electron chi connectivity index (χ2n) is 4.47. The van der Waals surface area contributed by atoms with Crippen LogP contribution in [0.2, 0.25) is 0 Å². The van der Waals surface area contributed by atoms with Crippen LogP contribution in [0.25, 0.3) is 0 Å². The number of benzene rings is 1. The van der Waals surface area contributed by atoms with Gasteiger partial charge < -0.3 is 10.5 Å². The minimum Gasteiger partial charge on any atom is -0.493 e. The summed E-state index contributed by atoms with van der Waals surface area (Å²) in [6, 6.07) is 4.92. The largest absolute Gasteiger partial charge is 0.493 e. The maximum Gasteiger partial charge on any atom is 0.123 e. The second-order valence-corrected chi connectivity index (χ2v) is 4.47.